The first-order chi connectivity index (χ1) is 9.66. The summed E-state index contributed by atoms with van der Waals surface area (Å²) >= 11 is 0. The Morgan fingerprint density at radius 2 is 1.65 bits per heavy atom. The molecule has 2 rings (SSSR count). The monoisotopic (exact) mass is 261 g/mol. The smallest absolute Gasteiger partial charge is 0.0696 e. The molecule has 1 heteroatoms. The van der Waals surface area contributed by atoms with Gasteiger partial charge in [-0.3, -0.25) is 4.98 Å². The third-order valence-corrected chi connectivity index (χ3v) is 3.07. The van der Waals surface area contributed by atoms with E-state index >= 15 is 0 Å². The van der Waals surface area contributed by atoms with Gasteiger partial charge in [0.05, 0.1) is 5.69 Å². The van der Waals surface area contributed by atoms with Gasteiger partial charge in [0.1, 0.15) is 0 Å². The maximum atomic E-state index is 4.30. The van der Waals surface area contributed by atoms with Crippen LogP contribution in [0.5, 0.6) is 0 Å². The van der Waals surface area contributed by atoms with Crippen LogP contribution in [0.1, 0.15) is 25.1 Å². The molecule has 0 aliphatic rings. The minimum absolute atomic E-state index is 0.914. The highest BCUT2D eigenvalue weighted by molar-refractivity contribution is 5.73. The average Bonchev–Trinajstić information content (AvgIpc) is 2.49. The molecule has 1 aromatic carbocycles. The van der Waals surface area contributed by atoms with Crippen LogP contribution in [0.15, 0.2) is 79.0 Å². The summed E-state index contributed by atoms with van der Waals surface area (Å²) in [6.07, 6.45) is 6.02. The lowest BCUT2D eigenvalue weighted by atomic mass is 10.0. The van der Waals surface area contributed by atoms with Crippen molar-refractivity contribution in [3.63, 3.8) is 0 Å². The molecule has 0 spiro atoms. The van der Waals surface area contributed by atoms with Crippen molar-refractivity contribution in [2.24, 2.45) is 0 Å². The van der Waals surface area contributed by atoms with E-state index in [-0.39, 0.29) is 0 Å². The summed E-state index contributed by atoms with van der Waals surface area (Å²) in [5.74, 6) is 0. The van der Waals surface area contributed by atoms with Gasteiger partial charge in [0.2, 0.25) is 0 Å². The van der Waals surface area contributed by atoms with Crippen LogP contribution in [0.25, 0.3) is 11.1 Å². The molecule has 100 valence electrons. The lowest BCUT2D eigenvalue weighted by Crippen LogP contribution is -1.85. The highest BCUT2D eigenvalue weighted by Crippen LogP contribution is 2.18. The summed E-state index contributed by atoms with van der Waals surface area (Å²) in [5.41, 5.74) is 5.50. The topological polar surface area (TPSA) is 12.9 Å². The summed E-state index contributed by atoms with van der Waals surface area (Å²) in [7, 11) is 0. The van der Waals surface area contributed by atoms with Gasteiger partial charge in [-0.1, -0.05) is 60.7 Å². The van der Waals surface area contributed by atoms with Gasteiger partial charge in [-0.2, -0.15) is 0 Å². The van der Waals surface area contributed by atoms with E-state index in [0.717, 1.165) is 11.3 Å². The molecule has 0 saturated carbocycles. The van der Waals surface area contributed by atoms with Gasteiger partial charge in [-0.05, 0) is 42.7 Å². The quantitative estimate of drug-likeness (QED) is 0.694. The van der Waals surface area contributed by atoms with Crippen molar-refractivity contribution in [2.45, 2.75) is 13.8 Å². The van der Waals surface area contributed by atoms with Crippen molar-refractivity contribution in [3.05, 3.63) is 90.3 Å². The molecule has 0 saturated heterocycles. The molecular formula is C19H19N. The van der Waals surface area contributed by atoms with E-state index in [0.29, 0.717) is 0 Å². The summed E-state index contributed by atoms with van der Waals surface area (Å²) < 4.78 is 0. The van der Waals surface area contributed by atoms with Gasteiger partial charge in [0, 0.05) is 6.20 Å². The second kappa shape index (κ2) is 6.67. The van der Waals surface area contributed by atoms with E-state index in [9.17, 15) is 0 Å². The number of aromatic nitrogens is 1. The zero-order valence-corrected chi connectivity index (χ0v) is 12.0. The third kappa shape index (κ3) is 3.79. The number of rotatable bonds is 4. The average molecular weight is 261 g/mol. The van der Waals surface area contributed by atoms with Crippen molar-refractivity contribution < 1.29 is 0 Å². The summed E-state index contributed by atoms with van der Waals surface area (Å²) in [5, 5.41) is 0. The SMILES string of the molecule is C=C(/C=C(C)\C=C(/C)c1ccccc1)c1ccccn1. The molecule has 20 heavy (non-hydrogen) atoms. The molecule has 1 heterocycles. The Morgan fingerprint density at radius 1 is 0.950 bits per heavy atom. The van der Waals surface area contributed by atoms with Gasteiger partial charge < -0.3 is 0 Å². The molecule has 0 fully saturated rings. The Hall–Kier alpha value is -2.41. The Labute approximate surface area is 121 Å². The van der Waals surface area contributed by atoms with Gasteiger partial charge in [0.25, 0.3) is 0 Å². The summed E-state index contributed by atoms with van der Waals surface area (Å²) in [4.78, 5) is 4.30. The molecule has 0 amide bonds. The minimum atomic E-state index is 0.914. The molecular weight excluding hydrogens is 242 g/mol. The van der Waals surface area contributed by atoms with Gasteiger partial charge >= 0.3 is 0 Å². The first-order valence-corrected chi connectivity index (χ1v) is 6.69. The van der Waals surface area contributed by atoms with Crippen LogP contribution in [0.4, 0.5) is 0 Å². The molecule has 1 aromatic heterocycles. The van der Waals surface area contributed by atoms with Crippen LogP contribution in [-0.2, 0) is 0 Å². The number of hydrogen-bond acceptors (Lipinski definition) is 1. The first-order valence-electron chi connectivity index (χ1n) is 6.69. The molecule has 0 aliphatic heterocycles. The largest absolute Gasteiger partial charge is 0.256 e. The number of nitrogens with zero attached hydrogens (tertiary/aromatic N) is 1. The molecule has 0 aliphatic carbocycles. The van der Waals surface area contributed by atoms with E-state index in [1.807, 2.05) is 24.3 Å². The number of hydrogen-bond donors (Lipinski definition) is 0. The lowest BCUT2D eigenvalue weighted by molar-refractivity contribution is 1.28. The third-order valence-electron chi connectivity index (χ3n) is 3.07. The van der Waals surface area contributed by atoms with Crippen molar-refractivity contribution >= 4 is 11.1 Å². The highest BCUT2D eigenvalue weighted by atomic mass is 14.7. The molecule has 0 bridgehead atoms. The molecule has 0 atom stereocenters. The summed E-state index contributed by atoms with van der Waals surface area (Å²) in [6, 6.07) is 16.2. The predicted octanol–water partition coefficient (Wildman–Crippen LogP) is 5.14. The zero-order chi connectivity index (χ0) is 14.4. The lowest BCUT2D eigenvalue weighted by Gasteiger charge is -2.03. The van der Waals surface area contributed by atoms with E-state index in [1.54, 1.807) is 6.20 Å². The first kappa shape index (κ1) is 14.0. The second-order valence-electron chi connectivity index (χ2n) is 4.82. The van der Waals surface area contributed by atoms with Crippen LogP contribution in [0.2, 0.25) is 0 Å². The van der Waals surface area contributed by atoms with Crippen molar-refractivity contribution in [1.82, 2.24) is 4.98 Å². The maximum absolute atomic E-state index is 4.30. The molecule has 0 unspecified atom stereocenters. The molecule has 2 aromatic rings. The van der Waals surface area contributed by atoms with Gasteiger partial charge in [-0.15, -0.1) is 0 Å². The normalized spacial score (nSPS) is 12.3. The number of benzene rings is 1. The van der Waals surface area contributed by atoms with Crippen LogP contribution in [0, 0.1) is 0 Å². The minimum Gasteiger partial charge on any atom is -0.256 e. The van der Waals surface area contributed by atoms with E-state index < -0.39 is 0 Å². The van der Waals surface area contributed by atoms with Crippen LogP contribution in [0.3, 0.4) is 0 Å². The Kier molecular flexibility index (Phi) is 4.67. The van der Waals surface area contributed by atoms with Crippen molar-refractivity contribution in [3.8, 4) is 0 Å². The maximum Gasteiger partial charge on any atom is 0.0696 e. The predicted molar refractivity (Wildman–Crippen MR) is 87.1 cm³/mol. The van der Waals surface area contributed by atoms with E-state index in [1.165, 1.54) is 16.7 Å². The van der Waals surface area contributed by atoms with Gasteiger partial charge in [0.15, 0.2) is 0 Å². The second-order valence-corrected chi connectivity index (χ2v) is 4.82. The number of allylic oxidation sites excluding steroid dienone is 5. The molecule has 0 N–H and O–H groups in total. The Morgan fingerprint density at radius 3 is 2.30 bits per heavy atom. The Bertz CT molecular complexity index is 634. The fraction of sp³-hybridized carbons (Fsp3) is 0.105. The molecule has 0 radical (unpaired) electrons. The highest BCUT2D eigenvalue weighted by Gasteiger charge is 1.98. The fourth-order valence-electron chi connectivity index (χ4n) is 2.07. The van der Waals surface area contributed by atoms with Crippen LogP contribution < -0.4 is 0 Å². The van der Waals surface area contributed by atoms with Crippen LogP contribution in [-0.4, -0.2) is 4.98 Å². The zero-order valence-electron chi connectivity index (χ0n) is 12.0. The van der Waals surface area contributed by atoms with E-state index in [4.69, 9.17) is 0 Å². The Balaban J connectivity index is 2.17. The van der Waals surface area contributed by atoms with Crippen LogP contribution >= 0.6 is 0 Å². The summed E-state index contributed by atoms with van der Waals surface area (Å²) in [6.45, 7) is 8.28. The van der Waals surface area contributed by atoms with Gasteiger partial charge in [-0.25, -0.2) is 0 Å². The van der Waals surface area contributed by atoms with Crippen molar-refractivity contribution in [2.75, 3.05) is 0 Å². The molecule has 1 nitrogen and oxygen atoms in total. The standard InChI is InChI=1S/C19H19N/c1-15(13-16(2)18-9-5-4-6-10-18)14-17(3)19-11-7-8-12-20-19/h4-14H,3H2,1-2H3/b15-14-,16-13+. The van der Waals surface area contributed by atoms with E-state index in [2.05, 4.69) is 61.8 Å². The number of pyridine rings is 1. The fourth-order valence-corrected chi connectivity index (χ4v) is 2.07. The van der Waals surface area contributed by atoms with Crippen molar-refractivity contribution in [1.29, 1.82) is 0 Å².